The van der Waals surface area contributed by atoms with Gasteiger partial charge in [-0.15, -0.1) is 36.2 Å². The van der Waals surface area contributed by atoms with Crippen LogP contribution in [0.1, 0.15) is 16.5 Å². The largest absolute Gasteiger partial charge is 0.508 e. The zero-order valence-corrected chi connectivity index (χ0v) is 15.3. The predicted molar refractivity (Wildman–Crippen MR) is 99.8 cm³/mol. The Morgan fingerprint density at radius 2 is 1.96 bits per heavy atom. The molecule has 4 nitrogen and oxygen atoms in total. The summed E-state index contributed by atoms with van der Waals surface area (Å²) in [4.78, 5) is 3.66. The summed E-state index contributed by atoms with van der Waals surface area (Å²) in [5.74, 6) is 1.10. The van der Waals surface area contributed by atoms with Crippen molar-refractivity contribution >= 4 is 36.2 Å². The molecule has 7 heteroatoms. The third-order valence-electron chi connectivity index (χ3n) is 3.86. The highest BCUT2D eigenvalue weighted by Crippen LogP contribution is 2.38. The van der Waals surface area contributed by atoms with E-state index in [1.54, 1.807) is 30.6 Å². The van der Waals surface area contributed by atoms with Crippen LogP contribution < -0.4 is 10.1 Å². The molecule has 0 radical (unpaired) electrons. The van der Waals surface area contributed by atoms with Gasteiger partial charge in [-0.3, -0.25) is 4.90 Å². The van der Waals surface area contributed by atoms with Gasteiger partial charge in [0.2, 0.25) is 0 Å². The van der Waals surface area contributed by atoms with Crippen LogP contribution >= 0.6 is 36.2 Å². The molecule has 0 bridgehead atoms. The number of nitrogens with zero attached hydrogens (tertiary/aromatic N) is 1. The first-order valence-corrected chi connectivity index (χ1v) is 8.02. The van der Waals surface area contributed by atoms with Crippen LogP contribution in [0.3, 0.4) is 0 Å². The predicted octanol–water partition coefficient (Wildman–Crippen LogP) is 3.30. The summed E-state index contributed by atoms with van der Waals surface area (Å²) < 4.78 is 5.33. The first-order chi connectivity index (χ1) is 10.3. The van der Waals surface area contributed by atoms with Crippen molar-refractivity contribution in [2.75, 3.05) is 33.3 Å². The van der Waals surface area contributed by atoms with Crippen molar-refractivity contribution in [1.82, 2.24) is 10.2 Å². The Labute approximate surface area is 153 Å². The number of thiophene rings is 1. The molecule has 0 spiro atoms. The summed E-state index contributed by atoms with van der Waals surface area (Å²) in [6.07, 6.45) is 0. The highest BCUT2D eigenvalue weighted by molar-refractivity contribution is 7.10. The monoisotopic (exact) mass is 376 g/mol. The van der Waals surface area contributed by atoms with Crippen molar-refractivity contribution in [2.45, 2.75) is 6.04 Å². The van der Waals surface area contributed by atoms with Crippen molar-refractivity contribution < 1.29 is 9.84 Å². The summed E-state index contributed by atoms with van der Waals surface area (Å²) in [7, 11) is 1.65. The number of hydrogen-bond acceptors (Lipinski definition) is 5. The van der Waals surface area contributed by atoms with Gasteiger partial charge in [-0.05, 0) is 29.6 Å². The van der Waals surface area contributed by atoms with Crippen molar-refractivity contribution in [3.8, 4) is 11.5 Å². The Morgan fingerprint density at radius 3 is 2.57 bits per heavy atom. The van der Waals surface area contributed by atoms with Gasteiger partial charge < -0.3 is 15.2 Å². The lowest BCUT2D eigenvalue weighted by Crippen LogP contribution is -2.45. The highest BCUT2D eigenvalue weighted by atomic mass is 35.5. The quantitative estimate of drug-likeness (QED) is 0.858. The van der Waals surface area contributed by atoms with Crippen molar-refractivity contribution in [3.63, 3.8) is 0 Å². The van der Waals surface area contributed by atoms with E-state index in [1.165, 1.54) is 4.88 Å². The van der Waals surface area contributed by atoms with E-state index < -0.39 is 0 Å². The fourth-order valence-electron chi connectivity index (χ4n) is 2.80. The van der Waals surface area contributed by atoms with Crippen molar-refractivity contribution in [1.29, 1.82) is 0 Å². The molecule has 1 aliphatic heterocycles. The normalized spacial score (nSPS) is 16.0. The van der Waals surface area contributed by atoms with E-state index in [4.69, 9.17) is 4.74 Å². The van der Waals surface area contributed by atoms with Gasteiger partial charge in [0.1, 0.15) is 11.5 Å². The zero-order valence-electron chi connectivity index (χ0n) is 12.9. The Bertz CT molecular complexity index is 590. The van der Waals surface area contributed by atoms with E-state index in [1.807, 2.05) is 6.07 Å². The molecule has 1 aliphatic rings. The minimum atomic E-state index is 0. The lowest BCUT2D eigenvalue weighted by molar-refractivity contribution is 0.197. The maximum atomic E-state index is 10.3. The fraction of sp³-hybridized carbons (Fsp3) is 0.375. The van der Waals surface area contributed by atoms with Crippen LogP contribution in [0.25, 0.3) is 0 Å². The number of piperazine rings is 1. The maximum absolute atomic E-state index is 10.3. The Morgan fingerprint density at radius 1 is 1.22 bits per heavy atom. The molecule has 3 rings (SSSR count). The molecule has 2 N–H and O–H groups in total. The zero-order chi connectivity index (χ0) is 14.7. The number of benzene rings is 1. The van der Waals surface area contributed by atoms with E-state index in [-0.39, 0.29) is 30.9 Å². The topological polar surface area (TPSA) is 44.7 Å². The molecule has 1 fully saturated rings. The molecule has 1 aromatic heterocycles. The second kappa shape index (κ2) is 9.35. The average molecular weight is 377 g/mol. The number of rotatable bonds is 4. The second-order valence-corrected chi connectivity index (χ2v) is 6.11. The average Bonchev–Trinajstić information content (AvgIpc) is 3.04. The molecule has 23 heavy (non-hydrogen) atoms. The first-order valence-electron chi connectivity index (χ1n) is 7.14. The van der Waals surface area contributed by atoms with Crippen LogP contribution in [0.4, 0.5) is 0 Å². The lowest BCUT2D eigenvalue weighted by atomic mass is 10.0. The minimum absolute atomic E-state index is 0. The molecule has 2 aromatic rings. The SMILES string of the molecule is COc1ccc(O)c([C@H](c2cccs2)N2CCNCC2)c1.Cl.Cl. The molecular weight excluding hydrogens is 355 g/mol. The summed E-state index contributed by atoms with van der Waals surface area (Å²) in [6.45, 7) is 3.90. The number of nitrogens with one attached hydrogen (secondary N) is 1. The van der Waals surface area contributed by atoms with Gasteiger partial charge in [0.05, 0.1) is 13.2 Å². The van der Waals surface area contributed by atoms with Crippen molar-refractivity contribution in [2.24, 2.45) is 0 Å². The first kappa shape index (κ1) is 20.1. The summed E-state index contributed by atoms with van der Waals surface area (Å²) in [6, 6.07) is 9.74. The molecule has 2 heterocycles. The van der Waals surface area contributed by atoms with Crippen LogP contribution in [-0.4, -0.2) is 43.3 Å². The van der Waals surface area contributed by atoms with Crippen LogP contribution in [0.5, 0.6) is 11.5 Å². The molecule has 0 aliphatic carbocycles. The maximum Gasteiger partial charge on any atom is 0.121 e. The number of phenols is 1. The van der Waals surface area contributed by atoms with Crippen LogP contribution in [0.15, 0.2) is 35.7 Å². The van der Waals surface area contributed by atoms with E-state index >= 15 is 0 Å². The molecule has 0 saturated carbocycles. The number of halogens is 2. The van der Waals surface area contributed by atoms with E-state index in [9.17, 15) is 5.11 Å². The second-order valence-electron chi connectivity index (χ2n) is 5.13. The lowest BCUT2D eigenvalue weighted by Gasteiger charge is -2.35. The Hall–Kier alpha value is -0.980. The molecule has 128 valence electrons. The number of phenolic OH excluding ortho intramolecular Hbond substituents is 1. The minimum Gasteiger partial charge on any atom is -0.508 e. The number of methoxy groups -OCH3 is 1. The van der Waals surface area contributed by atoms with Gasteiger partial charge in [-0.2, -0.15) is 0 Å². The summed E-state index contributed by atoms with van der Waals surface area (Å²) >= 11 is 1.73. The molecule has 1 saturated heterocycles. The van der Waals surface area contributed by atoms with Gasteiger partial charge in [-0.1, -0.05) is 6.07 Å². The standard InChI is InChI=1S/C16H20N2O2S.2ClH/c1-20-12-4-5-14(19)13(11-12)16(15-3-2-10-21-15)18-8-6-17-7-9-18;;/h2-5,10-11,16-17,19H,6-9H2,1H3;2*1H/t16-;;/m1../s1. The highest BCUT2D eigenvalue weighted by Gasteiger charge is 2.27. The molecule has 1 atom stereocenters. The van der Waals surface area contributed by atoms with Gasteiger partial charge in [-0.25, -0.2) is 0 Å². The molecule has 1 aromatic carbocycles. The van der Waals surface area contributed by atoms with E-state index in [0.717, 1.165) is 37.5 Å². The third kappa shape index (κ3) is 4.52. The molecule has 0 unspecified atom stereocenters. The number of hydrogen-bond donors (Lipinski definition) is 2. The van der Waals surface area contributed by atoms with Gasteiger partial charge >= 0.3 is 0 Å². The van der Waals surface area contributed by atoms with Gasteiger partial charge in [0.15, 0.2) is 0 Å². The fourth-order valence-corrected chi connectivity index (χ4v) is 3.67. The number of ether oxygens (including phenoxy) is 1. The molecular formula is C16H22Cl2N2O2S. The van der Waals surface area contributed by atoms with Crippen molar-refractivity contribution in [3.05, 3.63) is 46.2 Å². The van der Waals surface area contributed by atoms with Gasteiger partial charge in [0.25, 0.3) is 0 Å². The van der Waals surface area contributed by atoms with Gasteiger partial charge in [0, 0.05) is 36.6 Å². The summed E-state index contributed by atoms with van der Waals surface area (Å²) in [5, 5.41) is 15.8. The van der Waals surface area contributed by atoms with Crippen LogP contribution in [-0.2, 0) is 0 Å². The molecule has 0 amide bonds. The van der Waals surface area contributed by atoms with E-state index in [0.29, 0.717) is 5.75 Å². The third-order valence-corrected chi connectivity index (χ3v) is 4.78. The Kier molecular flexibility index (Phi) is 8.16. The van der Waals surface area contributed by atoms with Crippen LogP contribution in [0.2, 0.25) is 0 Å². The summed E-state index contributed by atoms with van der Waals surface area (Å²) in [5.41, 5.74) is 0.915. The van der Waals surface area contributed by atoms with E-state index in [2.05, 4.69) is 27.7 Å². The van der Waals surface area contributed by atoms with Crippen LogP contribution in [0, 0.1) is 0 Å². The smallest absolute Gasteiger partial charge is 0.121 e. The Balaban J connectivity index is 0.00000132. The number of aromatic hydroxyl groups is 1.